The lowest BCUT2D eigenvalue weighted by Crippen LogP contribution is -3.06. The van der Waals surface area contributed by atoms with Gasteiger partial charge in [0.05, 0.1) is 19.7 Å². The zero-order chi connectivity index (χ0) is 7.49. The SMILES string of the molecule is C[NH+](C)COC(C)(C)C. The number of nitrogens with one attached hydrogen (secondary N) is 1. The van der Waals surface area contributed by atoms with Crippen molar-refractivity contribution in [1.29, 1.82) is 0 Å². The zero-order valence-corrected chi connectivity index (χ0v) is 7.12. The van der Waals surface area contributed by atoms with Gasteiger partial charge in [0.15, 0.2) is 6.73 Å². The molecule has 0 radical (unpaired) electrons. The Labute approximate surface area is 57.8 Å². The van der Waals surface area contributed by atoms with Gasteiger partial charge in [0, 0.05) is 0 Å². The molecule has 0 amide bonds. The van der Waals surface area contributed by atoms with Crippen LogP contribution in [0.1, 0.15) is 20.8 Å². The minimum Gasteiger partial charge on any atom is -0.326 e. The van der Waals surface area contributed by atoms with Crippen molar-refractivity contribution in [2.75, 3.05) is 20.8 Å². The highest BCUT2D eigenvalue weighted by molar-refractivity contribution is 4.55. The highest BCUT2D eigenvalue weighted by Gasteiger charge is 2.10. The molecule has 56 valence electrons. The first kappa shape index (κ1) is 8.92. The largest absolute Gasteiger partial charge is 0.326 e. The Kier molecular flexibility index (Phi) is 3.15. The molecule has 0 aliphatic heterocycles. The minimum atomic E-state index is 0.0112. The summed E-state index contributed by atoms with van der Waals surface area (Å²) >= 11 is 0. The van der Waals surface area contributed by atoms with Crippen molar-refractivity contribution < 1.29 is 9.64 Å². The second-order valence-electron chi connectivity index (χ2n) is 3.61. The molecule has 0 aromatic heterocycles. The fourth-order valence-corrected chi connectivity index (χ4v) is 0.361. The third-order valence-corrected chi connectivity index (χ3v) is 0.794. The molecule has 0 bridgehead atoms. The van der Waals surface area contributed by atoms with Crippen LogP contribution in [0.2, 0.25) is 0 Å². The van der Waals surface area contributed by atoms with E-state index in [9.17, 15) is 0 Å². The van der Waals surface area contributed by atoms with Crippen LogP contribution in [0.5, 0.6) is 0 Å². The van der Waals surface area contributed by atoms with E-state index in [1.54, 1.807) is 0 Å². The van der Waals surface area contributed by atoms with Gasteiger partial charge in [0.2, 0.25) is 0 Å². The van der Waals surface area contributed by atoms with Gasteiger partial charge in [0.1, 0.15) is 0 Å². The predicted molar refractivity (Wildman–Crippen MR) is 38.5 cm³/mol. The summed E-state index contributed by atoms with van der Waals surface area (Å²) in [6, 6.07) is 0. The smallest absolute Gasteiger partial charge is 0.181 e. The van der Waals surface area contributed by atoms with Crippen LogP contribution < -0.4 is 4.90 Å². The lowest BCUT2D eigenvalue weighted by Gasteiger charge is -2.20. The molecular formula is C7H18NO+. The standard InChI is InChI=1S/C7H17NO/c1-7(2,3)9-6-8(4)5/h6H2,1-5H3/p+1. The maximum Gasteiger partial charge on any atom is 0.181 e. The van der Waals surface area contributed by atoms with Crippen LogP contribution in [0.3, 0.4) is 0 Å². The molecule has 9 heavy (non-hydrogen) atoms. The van der Waals surface area contributed by atoms with Crippen molar-refractivity contribution >= 4 is 0 Å². The molecule has 0 saturated carbocycles. The van der Waals surface area contributed by atoms with Crippen molar-refractivity contribution in [3.63, 3.8) is 0 Å². The first-order valence-electron chi connectivity index (χ1n) is 3.35. The van der Waals surface area contributed by atoms with Gasteiger partial charge in [-0.15, -0.1) is 0 Å². The third kappa shape index (κ3) is 7.92. The van der Waals surface area contributed by atoms with Gasteiger partial charge in [-0.2, -0.15) is 0 Å². The van der Waals surface area contributed by atoms with E-state index in [-0.39, 0.29) is 5.60 Å². The van der Waals surface area contributed by atoms with E-state index in [1.807, 2.05) is 0 Å². The summed E-state index contributed by atoms with van der Waals surface area (Å²) in [5.41, 5.74) is 0.0112. The normalized spacial score (nSPS) is 12.7. The molecule has 0 heterocycles. The third-order valence-electron chi connectivity index (χ3n) is 0.794. The molecule has 1 N–H and O–H groups in total. The van der Waals surface area contributed by atoms with E-state index in [4.69, 9.17) is 4.74 Å². The van der Waals surface area contributed by atoms with Crippen molar-refractivity contribution in [2.45, 2.75) is 26.4 Å². The minimum absolute atomic E-state index is 0.0112. The van der Waals surface area contributed by atoms with Gasteiger partial charge in [-0.1, -0.05) is 0 Å². The quantitative estimate of drug-likeness (QED) is 0.518. The summed E-state index contributed by atoms with van der Waals surface area (Å²) in [6.45, 7) is 6.98. The van der Waals surface area contributed by atoms with Crippen LogP contribution in [0.25, 0.3) is 0 Å². The Morgan fingerprint density at radius 1 is 1.22 bits per heavy atom. The van der Waals surface area contributed by atoms with Crippen molar-refractivity contribution in [3.8, 4) is 0 Å². The van der Waals surface area contributed by atoms with Crippen LogP contribution in [0.15, 0.2) is 0 Å². The number of ether oxygens (including phenoxy) is 1. The maximum atomic E-state index is 5.45. The summed E-state index contributed by atoms with van der Waals surface area (Å²) in [5.74, 6) is 0. The second-order valence-corrected chi connectivity index (χ2v) is 3.61. The van der Waals surface area contributed by atoms with Crippen molar-refractivity contribution in [1.82, 2.24) is 0 Å². The average Bonchev–Trinajstić information content (AvgIpc) is 1.59. The van der Waals surface area contributed by atoms with Gasteiger partial charge < -0.3 is 9.64 Å². The average molecular weight is 132 g/mol. The molecule has 0 spiro atoms. The van der Waals surface area contributed by atoms with Gasteiger partial charge in [-0.05, 0) is 20.8 Å². The molecule has 0 rings (SSSR count). The fraction of sp³-hybridized carbons (Fsp3) is 1.00. The molecule has 0 aliphatic carbocycles. The molecule has 0 aromatic rings. The lowest BCUT2D eigenvalue weighted by molar-refractivity contribution is -0.882. The van der Waals surface area contributed by atoms with Crippen LogP contribution in [0.4, 0.5) is 0 Å². The number of rotatable bonds is 2. The predicted octanol–water partition coefficient (Wildman–Crippen LogP) is -0.0965. The molecule has 0 fully saturated rings. The van der Waals surface area contributed by atoms with Crippen LogP contribution in [-0.4, -0.2) is 26.4 Å². The summed E-state index contributed by atoms with van der Waals surface area (Å²) < 4.78 is 5.45. The van der Waals surface area contributed by atoms with Gasteiger partial charge in [-0.3, -0.25) is 0 Å². The molecule has 2 heteroatoms. The lowest BCUT2D eigenvalue weighted by atomic mass is 10.2. The number of hydrogen-bond acceptors (Lipinski definition) is 1. The zero-order valence-electron chi connectivity index (χ0n) is 7.12. The summed E-state index contributed by atoms with van der Waals surface area (Å²) in [5, 5.41) is 0. The number of quaternary nitrogens is 1. The van der Waals surface area contributed by atoms with E-state index < -0.39 is 0 Å². The summed E-state index contributed by atoms with van der Waals surface area (Å²) in [6.07, 6.45) is 0. The molecule has 0 saturated heterocycles. The molecule has 0 aliphatic rings. The highest BCUT2D eigenvalue weighted by Crippen LogP contribution is 2.03. The molecule has 0 unspecified atom stereocenters. The van der Waals surface area contributed by atoms with Gasteiger partial charge in [0.25, 0.3) is 0 Å². The Bertz CT molecular complexity index is 73.5. The number of hydrogen-bond donors (Lipinski definition) is 1. The van der Waals surface area contributed by atoms with Crippen molar-refractivity contribution in [2.24, 2.45) is 0 Å². The van der Waals surface area contributed by atoms with E-state index in [1.165, 1.54) is 4.90 Å². The first-order valence-corrected chi connectivity index (χ1v) is 3.35. The van der Waals surface area contributed by atoms with E-state index >= 15 is 0 Å². The Hall–Kier alpha value is -0.0800. The Morgan fingerprint density at radius 3 is 1.78 bits per heavy atom. The van der Waals surface area contributed by atoms with E-state index in [2.05, 4.69) is 34.9 Å². The van der Waals surface area contributed by atoms with Crippen LogP contribution in [0, 0.1) is 0 Å². The van der Waals surface area contributed by atoms with Gasteiger partial charge in [-0.25, -0.2) is 0 Å². The second kappa shape index (κ2) is 3.18. The fourth-order valence-electron chi connectivity index (χ4n) is 0.361. The Balaban J connectivity index is 3.28. The van der Waals surface area contributed by atoms with Crippen LogP contribution >= 0.6 is 0 Å². The first-order chi connectivity index (χ1) is 3.92. The van der Waals surface area contributed by atoms with E-state index in [0.29, 0.717) is 0 Å². The molecule has 0 atom stereocenters. The van der Waals surface area contributed by atoms with E-state index in [0.717, 1.165) is 6.73 Å². The topological polar surface area (TPSA) is 13.7 Å². The molecular weight excluding hydrogens is 114 g/mol. The van der Waals surface area contributed by atoms with Crippen LogP contribution in [-0.2, 0) is 4.74 Å². The molecule has 2 nitrogen and oxygen atoms in total. The maximum absolute atomic E-state index is 5.45. The van der Waals surface area contributed by atoms with Crippen molar-refractivity contribution in [3.05, 3.63) is 0 Å². The highest BCUT2D eigenvalue weighted by atomic mass is 16.5. The molecule has 0 aromatic carbocycles. The Morgan fingerprint density at radius 2 is 1.67 bits per heavy atom. The summed E-state index contributed by atoms with van der Waals surface area (Å²) in [4.78, 5) is 1.32. The van der Waals surface area contributed by atoms with Gasteiger partial charge >= 0.3 is 0 Å². The summed E-state index contributed by atoms with van der Waals surface area (Å²) in [7, 11) is 4.15. The monoisotopic (exact) mass is 132 g/mol.